The first kappa shape index (κ1) is 17.2. The van der Waals surface area contributed by atoms with Crippen molar-refractivity contribution in [2.24, 2.45) is 5.41 Å². The van der Waals surface area contributed by atoms with Crippen LogP contribution in [0.5, 0.6) is 0 Å². The number of hydrogen-bond acceptors (Lipinski definition) is 7. The maximum Gasteiger partial charge on any atom is 0.314 e. The van der Waals surface area contributed by atoms with E-state index in [1.165, 1.54) is 18.4 Å². The molecule has 1 amide bonds. The summed E-state index contributed by atoms with van der Waals surface area (Å²) >= 11 is 1.49. The van der Waals surface area contributed by atoms with Crippen LogP contribution in [0, 0.1) is 5.41 Å². The van der Waals surface area contributed by atoms with Crippen LogP contribution in [0.15, 0.2) is 27.4 Å². The summed E-state index contributed by atoms with van der Waals surface area (Å²) in [7, 11) is 1.39. The van der Waals surface area contributed by atoms with Gasteiger partial charge in [-0.05, 0) is 31.4 Å². The number of thiazole rings is 1. The van der Waals surface area contributed by atoms with E-state index in [1.54, 1.807) is 22.5 Å². The molecular weight excluding hydrogens is 356 g/mol. The highest BCUT2D eigenvalue weighted by molar-refractivity contribution is 7.07. The molecule has 26 heavy (non-hydrogen) atoms. The number of aliphatic hydroxyl groups excluding tert-OH is 1. The van der Waals surface area contributed by atoms with Crippen molar-refractivity contribution in [1.82, 2.24) is 9.88 Å². The van der Waals surface area contributed by atoms with E-state index < -0.39 is 5.41 Å². The molecule has 0 aliphatic carbocycles. The maximum atomic E-state index is 13.0. The normalized spacial score (nSPS) is 27.1. The first-order valence-corrected chi connectivity index (χ1v) is 9.51. The second-order valence-corrected chi connectivity index (χ2v) is 7.61. The van der Waals surface area contributed by atoms with E-state index in [1.807, 2.05) is 5.38 Å². The van der Waals surface area contributed by atoms with Gasteiger partial charge in [0.25, 0.3) is 5.91 Å². The summed E-state index contributed by atoms with van der Waals surface area (Å²) in [6.07, 6.45) is 2.65. The Labute approximate surface area is 154 Å². The second-order valence-electron chi connectivity index (χ2n) is 6.89. The highest BCUT2D eigenvalue weighted by Gasteiger charge is 2.62. The van der Waals surface area contributed by atoms with Crippen LogP contribution in [-0.4, -0.2) is 46.1 Å². The van der Waals surface area contributed by atoms with Gasteiger partial charge in [-0.15, -0.1) is 11.3 Å². The first-order valence-electron chi connectivity index (χ1n) is 8.57. The molecule has 2 aromatic rings. The van der Waals surface area contributed by atoms with Gasteiger partial charge in [-0.2, -0.15) is 0 Å². The number of nitrogens with zero attached hydrogens (tertiary/aromatic N) is 2. The third-order valence-corrected chi connectivity index (χ3v) is 6.21. The van der Waals surface area contributed by atoms with Crippen molar-refractivity contribution in [3.8, 4) is 0 Å². The fraction of sp³-hybridized carbons (Fsp3) is 0.500. The van der Waals surface area contributed by atoms with Gasteiger partial charge in [0.1, 0.15) is 12.4 Å². The number of carbonyl (C=O) groups is 2. The molecule has 0 spiro atoms. The third kappa shape index (κ3) is 2.55. The Morgan fingerprint density at radius 3 is 2.96 bits per heavy atom. The van der Waals surface area contributed by atoms with Crippen molar-refractivity contribution >= 4 is 23.2 Å². The summed E-state index contributed by atoms with van der Waals surface area (Å²) in [6, 6.07) is 2.91. The topological polar surface area (TPSA) is 92.9 Å². The molecule has 4 heterocycles. The molecule has 0 radical (unpaired) electrons. The minimum absolute atomic E-state index is 0.0205. The molecule has 1 N–H and O–H groups in total. The highest BCUT2D eigenvalue weighted by Crippen LogP contribution is 2.52. The molecule has 2 fully saturated rings. The lowest BCUT2D eigenvalue weighted by atomic mass is 9.71. The maximum absolute atomic E-state index is 13.0. The average molecular weight is 376 g/mol. The molecule has 0 unspecified atom stereocenters. The number of methoxy groups -OCH3 is 1. The minimum atomic E-state index is -0.770. The van der Waals surface area contributed by atoms with Crippen molar-refractivity contribution in [2.45, 2.75) is 44.4 Å². The van der Waals surface area contributed by atoms with E-state index >= 15 is 0 Å². The number of fused-ring (bicyclic) bond motifs is 2. The van der Waals surface area contributed by atoms with Gasteiger partial charge < -0.3 is 19.2 Å². The zero-order valence-corrected chi connectivity index (χ0v) is 15.2. The summed E-state index contributed by atoms with van der Waals surface area (Å²) < 4.78 is 10.6. The van der Waals surface area contributed by atoms with Crippen molar-refractivity contribution in [2.75, 3.05) is 7.11 Å². The summed E-state index contributed by atoms with van der Waals surface area (Å²) in [5.74, 6) is 0.0223. The largest absolute Gasteiger partial charge is 0.469 e. The fourth-order valence-electron chi connectivity index (χ4n) is 4.53. The summed E-state index contributed by atoms with van der Waals surface area (Å²) in [4.78, 5) is 31.9. The van der Waals surface area contributed by atoms with Gasteiger partial charge >= 0.3 is 5.97 Å². The lowest BCUT2D eigenvalue weighted by molar-refractivity contribution is -0.154. The zero-order chi connectivity index (χ0) is 18.3. The zero-order valence-electron chi connectivity index (χ0n) is 14.4. The van der Waals surface area contributed by atoms with Crippen LogP contribution >= 0.6 is 11.3 Å². The molecule has 138 valence electrons. The number of rotatable bonds is 5. The number of amides is 1. The Kier molecular flexibility index (Phi) is 4.32. The van der Waals surface area contributed by atoms with Crippen LogP contribution in [-0.2, 0) is 22.6 Å². The smallest absolute Gasteiger partial charge is 0.314 e. The SMILES string of the molecule is COC(=O)[C@@]1(Cc2cscn2)C[C@H]2CC[C@@H]1N2C(=O)c1ccc(CO)o1. The second kappa shape index (κ2) is 6.51. The van der Waals surface area contributed by atoms with E-state index in [0.29, 0.717) is 18.6 Å². The van der Waals surface area contributed by atoms with Crippen LogP contribution in [0.25, 0.3) is 0 Å². The molecule has 8 heteroatoms. The van der Waals surface area contributed by atoms with Crippen LogP contribution in [0.3, 0.4) is 0 Å². The predicted molar refractivity (Wildman–Crippen MR) is 92.5 cm³/mol. The van der Waals surface area contributed by atoms with Gasteiger partial charge in [-0.1, -0.05) is 0 Å². The highest BCUT2D eigenvalue weighted by atomic mass is 32.1. The summed E-state index contributed by atoms with van der Waals surface area (Å²) in [5.41, 5.74) is 1.82. The molecule has 2 bridgehead atoms. The molecule has 3 atom stereocenters. The molecule has 7 nitrogen and oxygen atoms in total. The standard InChI is InChI=1S/C18H20N2O5S/c1-24-17(23)18(6-11-9-26-10-19-11)7-12-2-5-15(18)20(12)16(22)14-4-3-13(8-21)25-14/h3-4,9-10,12,15,21H,2,5-8H2,1H3/t12-,15+,18+/m1/s1. The van der Waals surface area contributed by atoms with Crippen molar-refractivity contribution < 1.29 is 23.8 Å². The van der Waals surface area contributed by atoms with Crippen molar-refractivity contribution in [1.29, 1.82) is 0 Å². The molecule has 0 aromatic carbocycles. The van der Waals surface area contributed by atoms with E-state index in [0.717, 1.165) is 18.5 Å². The van der Waals surface area contributed by atoms with Gasteiger partial charge in [-0.3, -0.25) is 9.59 Å². The van der Waals surface area contributed by atoms with E-state index in [4.69, 9.17) is 14.3 Å². The Hall–Kier alpha value is -2.19. The average Bonchev–Trinajstić information content (AvgIpc) is 3.43. The minimum Gasteiger partial charge on any atom is -0.469 e. The van der Waals surface area contributed by atoms with E-state index in [2.05, 4.69) is 4.98 Å². The Morgan fingerprint density at radius 2 is 2.31 bits per heavy atom. The van der Waals surface area contributed by atoms with Crippen LogP contribution in [0.4, 0.5) is 0 Å². The molecular formula is C18H20N2O5S. The Bertz CT molecular complexity index is 817. The van der Waals surface area contributed by atoms with Crippen LogP contribution < -0.4 is 0 Å². The van der Waals surface area contributed by atoms with Crippen LogP contribution in [0.2, 0.25) is 0 Å². The van der Waals surface area contributed by atoms with Gasteiger partial charge in [0.2, 0.25) is 0 Å². The van der Waals surface area contributed by atoms with E-state index in [-0.39, 0.29) is 36.3 Å². The van der Waals surface area contributed by atoms with Crippen molar-refractivity contribution in [3.63, 3.8) is 0 Å². The molecule has 2 aliphatic rings. The van der Waals surface area contributed by atoms with Crippen LogP contribution in [0.1, 0.15) is 41.3 Å². The van der Waals surface area contributed by atoms with Gasteiger partial charge in [0, 0.05) is 23.9 Å². The number of furan rings is 1. The summed E-state index contributed by atoms with van der Waals surface area (Å²) in [5, 5.41) is 11.1. The lowest BCUT2D eigenvalue weighted by Gasteiger charge is -2.34. The molecule has 2 aromatic heterocycles. The predicted octanol–water partition coefficient (Wildman–Crippen LogP) is 2.01. The Balaban J connectivity index is 1.66. The Morgan fingerprint density at radius 1 is 1.46 bits per heavy atom. The number of aliphatic hydroxyl groups is 1. The number of hydrogen-bond donors (Lipinski definition) is 1. The van der Waals surface area contributed by atoms with E-state index in [9.17, 15) is 9.59 Å². The van der Waals surface area contributed by atoms with Crippen molar-refractivity contribution in [3.05, 3.63) is 40.2 Å². The number of ether oxygens (including phenoxy) is 1. The quantitative estimate of drug-likeness (QED) is 0.803. The molecule has 2 saturated heterocycles. The number of esters is 1. The molecule has 4 rings (SSSR count). The first-order chi connectivity index (χ1) is 12.6. The lowest BCUT2D eigenvalue weighted by Crippen LogP contribution is -2.47. The summed E-state index contributed by atoms with van der Waals surface area (Å²) in [6.45, 7) is -0.254. The molecule has 2 aliphatic heterocycles. The number of aromatic nitrogens is 1. The van der Waals surface area contributed by atoms with Gasteiger partial charge in [0.15, 0.2) is 5.76 Å². The van der Waals surface area contributed by atoms with Gasteiger partial charge in [-0.25, -0.2) is 4.98 Å². The third-order valence-electron chi connectivity index (χ3n) is 5.57. The number of carbonyl (C=O) groups excluding carboxylic acids is 2. The monoisotopic (exact) mass is 376 g/mol. The molecule has 0 saturated carbocycles. The van der Waals surface area contributed by atoms with Gasteiger partial charge in [0.05, 0.1) is 23.7 Å². The fourth-order valence-corrected chi connectivity index (χ4v) is 5.09.